The number of aromatic nitrogens is 2. The summed E-state index contributed by atoms with van der Waals surface area (Å²) in [4.78, 5) is 4.76. The lowest BCUT2D eigenvalue weighted by molar-refractivity contribution is -0.672. The molecule has 3 nitrogen and oxygen atoms in total. The summed E-state index contributed by atoms with van der Waals surface area (Å²) >= 11 is 0. The van der Waals surface area contributed by atoms with Crippen molar-refractivity contribution in [2.45, 2.75) is 20.3 Å². The first-order valence-corrected chi connectivity index (χ1v) is 6.27. The van der Waals surface area contributed by atoms with Crippen molar-refractivity contribution in [2.75, 3.05) is 0 Å². The van der Waals surface area contributed by atoms with Gasteiger partial charge in [0.1, 0.15) is 18.1 Å². The zero-order valence-electron chi connectivity index (χ0n) is 11.5. The van der Waals surface area contributed by atoms with E-state index in [0.29, 0.717) is 0 Å². The van der Waals surface area contributed by atoms with Crippen LogP contribution in [0, 0.1) is 6.92 Å². The molecule has 0 fully saturated rings. The van der Waals surface area contributed by atoms with Crippen molar-refractivity contribution in [1.82, 2.24) is 4.57 Å². The molecule has 94 valence electrons. The zero-order chi connectivity index (χ0) is 13.1. The third-order valence-corrected chi connectivity index (χ3v) is 3.07. The van der Waals surface area contributed by atoms with Crippen molar-refractivity contribution in [1.29, 1.82) is 0 Å². The van der Waals surface area contributed by atoms with Gasteiger partial charge >= 0.3 is 5.82 Å². The highest BCUT2D eigenvalue weighted by Crippen LogP contribution is 2.15. The average Bonchev–Trinajstić information content (AvgIpc) is 2.69. The standard InChI is InChI=1S/C15H20N3/c1-5-14(15-17(3)10-11-18(15)4)16-13-8-6-12(2)7-9-13/h6-11H,5H2,1-4H3/q+1/b16-14+. The first-order valence-electron chi connectivity index (χ1n) is 6.27. The molecule has 0 aliphatic rings. The van der Waals surface area contributed by atoms with Crippen LogP contribution in [-0.4, -0.2) is 10.3 Å². The Hall–Kier alpha value is -1.90. The van der Waals surface area contributed by atoms with Gasteiger partial charge in [-0.25, -0.2) is 14.1 Å². The van der Waals surface area contributed by atoms with Crippen LogP contribution in [0.1, 0.15) is 24.7 Å². The Balaban J connectivity index is 2.43. The smallest absolute Gasteiger partial charge is 0.245 e. The molecular formula is C15H20N3+. The first kappa shape index (κ1) is 12.6. The Morgan fingerprint density at radius 1 is 1.28 bits per heavy atom. The highest BCUT2D eigenvalue weighted by Gasteiger charge is 2.17. The molecule has 2 aromatic rings. The summed E-state index contributed by atoms with van der Waals surface area (Å²) in [7, 11) is 4.10. The largest absolute Gasteiger partial charge is 0.303 e. The van der Waals surface area contributed by atoms with E-state index in [9.17, 15) is 0 Å². The minimum atomic E-state index is 0.916. The van der Waals surface area contributed by atoms with Crippen LogP contribution in [0.2, 0.25) is 0 Å². The van der Waals surface area contributed by atoms with Gasteiger partial charge in [-0.3, -0.25) is 0 Å². The quantitative estimate of drug-likeness (QED) is 0.583. The summed E-state index contributed by atoms with van der Waals surface area (Å²) in [6.07, 6.45) is 5.02. The minimum absolute atomic E-state index is 0.916. The molecule has 0 saturated heterocycles. The van der Waals surface area contributed by atoms with E-state index in [2.05, 4.69) is 73.7 Å². The fourth-order valence-corrected chi connectivity index (χ4v) is 2.06. The Kier molecular flexibility index (Phi) is 3.60. The molecule has 0 radical (unpaired) electrons. The fourth-order valence-electron chi connectivity index (χ4n) is 2.06. The number of hydrogen-bond donors (Lipinski definition) is 0. The molecular weight excluding hydrogens is 222 g/mol. The van der Waals surface area contributed by atoms with E-state index >= 15 is 0 Å². The van der Waals surface area contributed by atoms with Crippen LogP contribution in [0.4, 0.5) is 5.69 Å². The van der Waals surface area contributed by atoms with Gasteiger partial charge in [-0.2, -0.15) is 0 Å². The molecule has 0 amide bonds. The molecule has 0 bridgehead atoms. The van der Waals surface area contributed by atoms with E-state index in [1.54, 1.807) is 0 Å². The summed E-state index contributed by atoms with van der Waals surface area (Å²) in [5.41, 5.74) is 3.38. The maximum atomic E-state index is 4.76. The highest BCUT2D eigenvalue weighted by atomic mass is 15.1. The second-order valence-corrected chi connectivity index (χ2v) is 4.59. The average molecular weight is 242 g/mol. The molecule has 1 heterocycles. The van der Waals surface area contributed by atoms with Crippen LogP contribution >= 0.6 is 0 Å². The van der Waals surface area contributed by atoms with Gasteiger partial charge in [0.05, 0.1) is 19.8 Å². The number of imidazole rings is 1. The predicted molar refractivity (Wildman–Crippen MR) is 74.3 cm³/mol. The highest BCUT2D eigenvalue weighted by molar-refractivity contribution is 5.97. The van der Waals surface area contributed by atoms with E-state index in [-0.39, 0.29) is 0 Å². The van der Waals surface area contributed by atoms with Crippen molar-refractivity contribution in [2.24, 2.45) is 19.1 Å². The maximum absolute atomic E-state index is 4.76. The van der Waals surface area contributed by atoms with Gasteiger partial charge in [0.25, 0.3) is 0 Å². The van der Waals surface area contributed by atoms with Crippen LogP contribution in [0.15, 0.2) is 41.7 Å². The lowest BCUT2D eigenvalue weighted by Crippen LogP contribution is -2.35. The SMILES string of the molecule is CC/C(=N\c1ccc(C)cc1)c1n(C)cc[n+]1C. The van der Waals surface area contributed by atoms with Gasteiger partial charge in [0.2, 0.25) is 0 Å². The van der Waals surface area contributed by atoms with Crippen molar-refractivity contribution in [3.63, 3.8) is 0 Å². The maximum Gasteiger partial charge on any atom is 0.303 e. The molecule has 0 atom stereocenters. The fraction of sp³-hybridized carbons (Fsp3) is 0.333. The van der Waals surface area contributed by atoms with Crippen LogP contribution in [0.25, 0.3) is 0 Å². The number of benzene rings is 1. The Morgan fingerprint density at radius 2 is 1.94 bits per heavy atom. The lowest BCUT2D eigenvalue weighted by atomic mass is 10.2. The molecule has 0 N–H and O–H groups in total. The number of aryl methyl sites for hydroxylation is 3. The van der Waals surface area contributed by atoms with Crippen LogP contribution in [-0.2, 0) is 14.1 Å². The summed E-state index contributed by atoms with van der Waals surface area (Å²) in [6, 6.07) is 8.32. The van der Waals surface area contributed by atoms with E-state index in [1.165, 1.54) is 5.56 Å². The Labute approximate surface area is 108 Å². The van der Waals surface area contributed by atoms with Crippen LogP contribution in [0.3, 0.4) is 0 Å². The Bertz CT molecular complexity index is 542. The third kappa shape index (κ3) is 2.50. The normalized spacial score (nSPS) is 11.9. The summed E-state index contributed by atoms with van der Waals surface area (Å²) in [6.45, 7) is 4.23. The van der Waals surface area contributed by atoms with Crippen molar-refractivity contribution in [3.8, 4) is 0 Å². The molecule has 0 aliphatic carbocycles. The Morgan fingerprint density at radius 3 is 2.44 bits per heavy atom. The van der Waals surface area contributed by atoms with Gasteiger partial charge in [-0.15, -0.1) is 0 Å². The molecule has 18 heavy (non-hydrogen) atoms. The number of nitrogens with zero attached hydrogens (tertiary/aromatic N) is 3. The van der Waals surface area contributed by atoms with Gasteiger partial charge in [-0.05, 0) is 25.5 Å². The topological polar surface area (TPSA) is 21.2 Å². The number of hydrogen-bond acceptors (Lipinski definition) is 1. The van der Waals surface area contributed by atoms with Gasteiger partial charge in [-0.1, -0.05) is 24.6 Å². The predicted octanol–water partition coefficient (Wildman–Crippen LogP) is 2.69. The molecule has 3 heteroatoms. The van der Waals surface area contributed by atoms with Crippen molar-refractivity contribution >= 4 is 11.4 Å². The molecule has 1 aromatic carbocycles. The number of aliphatic imine (C=N–C) groups is 1. The summed E-state index contributed by atoms with van der Waals surface area (Å²) in [5, 5.41) is 0. The lowest BCUT2D eigenvalue weighted by Gasteiger charge is -2.02. The molecule has 0 aliphatic heterocycles. The van der Waals surface area contributed by atoms with Gasteiger partial charge in [0, 0.05) is 0 Å². The summed E-state index contributed by atoms with van der Waals surface area (Å²) in [5.74, 6) is 1.15. The van der Waals surface area contributed by atoms with E-state index in [4.69, 9.17) is 4.99 Å². The van der Waals surface area contributed by atoms with E-state index < -0.39 is 0 Å². The third-order valence-electron chi connectivity index (χ3n) is 3.07. The van der Waals surface area contributed by atoms with E-state index in [1.807, 2.05) is 0 Å². The van der Waals surface area contributed by atoms with Crippen LogP contribution < -0.4 is 4.57 Å². The second-order valence-electron chi connectivity index (χ2n) is 4.59. The zero-order valence-corrected chi connectivity index (χ0v) is 11.5. The molecule has 0 spiro atoms. The molecule has 1 aromatic heterocycles. The summed E-state index contributed by atoms with van der Waals surface area (Å²) < 4.78 is 4.22. The van der Waals surface area contributed by atoms with Crippen molar-refractivity contribution in [3.05, 3.63) is 48.0 Å². The first-order chi connectivity index (χ1) is 8.61. The van der Waals surface area contributed by atoms with Crippen LogP contribution in [0.5, 0.6) is 0 Å². The minimum Gasteiger partial charge on any atom is -0.245 e. The van der Waals surface area contributed by atoms with E-state index in [0.717, 1.165) is 23.6 Å². The van der Waals surface area contributed by atoms with Gasteiger partial charge < -0.3 is 0 Å². The van der Waals surface area contributed by atoms with Crippen molar-refractivity contribution < 1.29 is 4.57 Å². The van der Waals surface area contributed by atoms with Gasteiger partial charge in [0.15, 0.2) is 0 Å². The number of rotatable bonds is 3. The molecule has 2 rings (SSSR count). The molecule has 0 saturated carbocycles. The molecule has 0 unspecified atom stereocenters. The monoisotopic (exact) mass is 242 g/mol. The second kappa shape index (κ2) is 5.17.